The Kier molecular flexibility index (Phi) is 3.78. The highest BCUT2D eigenvalue weighted by Crippen LogP contribution is 2.39. The Morgan fingerprint density at radius 3 is 2.42 bits per heavy atom. The molecule has 0 aromatic heterocycles. The van der Waals surface area contributed by atoms with Crippen LogP contribution in [0.15, 0.2) is 53.4 Å². The summed E-state index contributed by atoms with van der Waals surface area (Å²) in [6, 6.07) is 14.6. The fourth-order valence-corrected chi connectivity index (χ4v) is 3.98. The van der Waals surface area contributed by atoms with Gasteiger partial charge in [-0.2, -0.15) is 0 Å². The molecule has 3 aromatic rings. The molecule has 0 aliphatic carbocycles. The van der Waals surface area contributed by atoms with Gasteiger partial charge in [-0.05, 0) is 41.5 Å². The maximum absolute atomic E-state index is 12.2. The lowest BCUT2D eigenvalue weighted by molar-refractivity contribution is 0.174. The Labute approximate surface area is 151 Å². The maximum Gasteiger partial charge on any atom is 0.238 e. The third kappa shape index (κ3) is 2.75. The zero-order chi connectivity index (χ0) is 18.5. The summed E-state index contributed by atoms with van der Waals surface area (Å²) >= 11 is 0. The van der Waals surface area contributed by atoms with Gasteiger partial charge < -0.3 is 14.4 Å². The van der Waals surface area contributed by atoms with Crippen molar-refractivity contribution in [1.82, 2.24) is 0 Å². The van der Waals surface area contributed by atoms with Crippen molar-refractivity contribution >= 4 is 26.5 Å². The number of hydrogen-bond donors (Lipinski definition) is 1. The molecule has 0 amide bonds. The molecule has 1 aliphatic heterocycles. The van der Waals surface area contributed by atoms with Crippen molar-refractivity contribution in [3.63, 3.8) is 0 Å². The van der Waals surface area contributed by atoms with Gasteiger partial charge >= 0.3 is 0 Å². The van der Waals surface area contributed by atoms with E-state index in [1.54, 1.807) is 12.1 Å². The Morgan fingerprint density at radius 2 is 1.69 bits per heavy atom. The Hall–Kier alpha value is -2.77. The molecule has 26 heavy (non-hydrogen) atoms. The summed E-state index contributed by atoms with van der Waals surface area (Å²) in [5.41, 5.74) is 2.48. The summed E-state index contributed by atoms with van der Waals surface area (Å²) in [5.74, 6) is 1.32. The Morgan fingerprint density at radius 1 is 0.923 bits per heavy atom. The van der Waals surface area contributed by atoms with E-state index in [9.17, 15) is 8.42 Å². The molecule has 0 atom stereocenters. The number of rotatable bonds is 3. The molecule has 3 aromatic carbocycles. The number of anilines is 1. The summed E-state index contributed by atoms with van der Waals surface area (Å²) in [4.78, 5) is 2.05. The van der Waals surface area contributed by atoms with Gasteiger partial charge in [0.1, 0.15) is 0 Å². The van der Waals surface area contributed by atoms with E-state index in [0.717, 1.165) is 22.2 Å². The minimum absolute atomic E-state index is 0.103. The van der Waals surface area contributed by atoms with Crippen LogP contribution in [0.2, 0.25) is 0 Å². The second kappa shape index (κ2) is 5.89. The van der Waals surface area contributed by atoms with Gasteiger partial charge in [-0.25, -0.2) is 13.6 Å². The topological polar surface area (TPSA) is 81.9 Å². The molecular formula is C19H18N2O4S. The van der Waals surface area contributed by atoms with Crippen molar-refractivity contribution in [2.75, 3.05) is 25.8 Å². The molecular weight excluding hydrogens is 352 g/mol. The summed E-state index contributed by atoms with van der Waals surface area (Å²) in [6.45, 7) is 0.184. The van der Waals surface area contributed by atoms with Gasteiger partial charge in [0, 0.05) is 30.6 Å². The standard InChI is InChI=1S/C19H18N2O4S/c1-21(2)16-5-3-4-14-15(16)8-13(10-19(14)26(20,22)23)12-6-7-17-18(9-12)25-11-24-17/h3-10H,11H2,1-2H3,(H2,20,22,23). The zero-order valence-electron chi connectivity index (χ0n) is 14.4. The first-order valence-electron chi connectivity index (χ1n) is 8.01. The van der Waals surface area contributed by atoms with Crippen LogP contribution in [0.5, 0.6) is 11.5 Å². The summed E-state index contributed by atoms with van der Waals surface area (Å²) < 4.78 is 35.2. The minimum Gasteiger partial charge on any atom is -0.454 e. The zero-order valence-corrected chi connectivity index (χ0v) is 15.2. The number of benzene rings is 3. The lowest BCUT2D eigenvalue weighted by atomic mass is 9.99. The summed E-state index contributed by atoms with van der Waals surface area (Å²) in [5, 5.41) is 6.92. The number of hydrogen-bond acceptors (Lipinski definition) is 5. The molecule has 0 bridgehead atoms. The van der Waals surface area contributed by atoms with Crippen LogP contribution in [0, 0.1) is 0 Å². The second-order valence-electron chi connectivity index (χ2n) is 6.35. The number of nitrogens with zero attached hydrogens (tertiary/aromatic N) is 1. The second-order valence-corrected chi connectivity index (χ2v) is 7.88. The third-order valence-corrected chi connectivity index (χ3v) is 5.38. The van der Waals surface area contributed by atoms with Crippen LogP contribution in [-0.4, -0.2) is 29.3 Å². The molecule has 1 heterocycles. The van der Waals surface area contributed by atoms with Crippen LogP contribution >= 0.6 is 0 Å². The van der Waals surface area contributed by atoms with Gasteiger partial charge in [0.25, 0.3) is 0 Å². The monoisotopic (exact) mass is 370 g/mol. The average molecular weight is 370 g/mol. The quantitative estimate of drug-likeness (QED) is 0.766. The summed E-state index contributed by atoms with van der Waals surface area (Å²) in [6.07, 6.45) is 0. The molecule has 1 aliphatic rings. The molecule has 0 fully saturated rings. The predicted octanol–water partition coefficient (Wildman–Crippen LogP) is 2.95. The molecule has 2 N–H and O–H groups in total. The molecule has 0 unspecified atom stereocenters. The van der Waals surface area contributed by atoms with Gasteiger partial charge in [0.05, 0.1) is 4.90 Å². The highest BCUT2D eigenvalue weighted by molar-refractivity contribution is 7.89. The van der Waals surface area contributed by atoms with E-state index in [1.807, 2.05) is 55.4 Å². The lowest BCUT2D eigenvalue weighted by Gasteiger charge is -2.18. The van der Waals surface area contributed by atoms with Crippen molar-refractivity contribution < 1.29 is 17.9 Å². The number of primary sulfonamides is 1. The van der Waals surface area contributed by atoms with Gasteiger partial charge in [0.2, 0.25) is 16.8 Å². The van der Waals surface area contributed by atoms with E-state index < -0.39 is 10.0 Å². The highest BCUT2D eigenvalue weighted by atomic mass is 32.2. The number of ether oxygens (including phenoxy) is 2. The molecule has 0 saturated carbocycles. The maximum atomic E-state index is 12.2. The minimum atomic E-state index is -3.89. The Bertz CT molecular complexity index is 1120. The molecule has 0 spiro atoms. The van der Waals surface area contributed by atoms with Crippen molar-refractivity contribution in [1.29, 1.82) is 0 Å². The van der Waals surface area contributed by atoms with Crippen LogP contribution in [0.25, 0.3) is 21.9 Å². The molecule has 7 heteroatoms. The normalized spacial score (nSPS) is 13.2. The smallest absolute Gasteiger partial charge is 0.238 e. The molecule has 0 radical (unpaired) electrons. The van der Waals surface area contributed by atoms with Gasteiger partial charge in [-0.3, -0.25) is 0 Å². The van der Waals surface area contributed by atoms with Crippen LogP contribution in [0.3, 0.4) is 0 Å². The fraction of sp³-hybridized carbons (Fsp3) is 0.158. The van der Waals surface area contributed by atoms with Crippen molar-refractivity contribution in [3.8, 4) is 22.6 Å². The fourth-order valence-electron chi connectivity index (χ4n) is 3.20. The first-order chi connectivity index (χ1) is 12.3. The molecule has 4 rings (SSSR count). The largest absolute Gasteiger partial charge is 0.454 e. The molecule has 6 nitrogen and oxygen atoms in total. The predicted molar refractivity (Wildman–Crippen MR) is 101 cm³/mol. The summed E-state index contributed by atoms with van der Waals surface area (Å²) in [7, 11) is -0.0577. The highest BCUT2D eigenvalue weighted by Gasteiger charge is 2.19. The van der Waals surface area contributed by atoms with E-state index in [4.69, 9.17) is 14.6 Å². The average Bonchev–Trinajstić information content (AvgIpc) is 3.06. The molecule has 134 valence electrons. The van der Waals surface area contributed by atoms with E-state index >= 15 is 0 Å². The van der Waals surface area contributed by atoms with E-state index in [2.05, 4.69) is 0 Å². The van der Waals surface area contributed by atoms with Crippen LogP contribution < -0.4 is 19.5 Å². The molecule has 0 saturated heterocycles. The van der Waals surface area contributed by atoms with E-state index in [-0.39, 0.29) is 11.7 Å². The van der Waals surface area contributed by atoms with E-state index in [1.165, 1.54) is 0 Å². The first kappa shape index (κ1) is 16.7. The number of nitrogens with two attached hydrogens (primary N) is 1. The Balaban J connectivity index is 2.03. The van der Waals surface area contributed by atoms with Crippen LogP contribution in [-0.2, 0) is 10.0 Å². The number of fused-ring (bicyclic) bond motifs is 2. The SMILES string of the molecule is CN(C)c1cccc2c(S(N)(=O)=O)cc(-c3ccc4c(c3)OCO4)cc12. The van der Waals surface area contributed by atoms with Gasteiger partial charge in [-0.15, -0.1) is 0 Å². The van der Waals surface area contributed by atoms with Crippen molar-refractivity contribution in [3.05, 3.63) is 48.5 Å². The van der Waals surface area contributed by atoms with Crippen molar-refractivity contribution in [2.45, 2.75) is 4.90 Å². The lowest BCUT2D eigenvalue weighted by Crippen LogP contribution is -2.14. The van der Waals surface area contributed by atoms with Crippen molar-refractivity contribution in [2.24, 2.45) is 5.14 Å². The third-order valence-electron chi connectivity index (χ3n) is 4.43. The van der Waals surface area contributed by atoms with E-state index in [0.29, 0.717) is 16.9 Å². The van der Waals surface area contributed by atoms with Crippen LogP contribution in [0.1, 0.15) is 0 Å². The van der Waals surface area contributed by atoms with Crippen LogP contribution in [0.4, 0.5) is 5.69 Å². The first-order valence-corrected chi connectivity index (χ1v) is 9.56. The van der Waals surface area contributed by atoms with Gasteiger partial charge in [-0.1, -0.05) is 18.2 Å². The number of sulfonamides is 1. The van der Waals surface area contributed by atoms with Gasteiger partial charge in [0.15, 0.2) is 11.5 Å².